The Bertz CT molecular complexity index is 1020. The normalized spacial score (nSPS) is 20.3. The molecular weight excluding hydrogens is 397 g/mol. The van der Waals surface area contributed by atoms with E-state index in [0.717, 1.165) is 48.4 Å². The van der Waals surface area contributed by atoms with Crippen molar-refractivity contribution in [1.82, 2.24) is 4.31 Å². The van der Waals surface area contributed by atoms with E-state index in [-0.39, 0.29) is 11.9 Å². The van der Waals surface area contributed by atoms with Gasteiger partial charge in [-0.1, -0.05) is 36.4 Å². The van der Waals surface area contributed by atoms with Crippen LogP contribution in [0.2, 0.25) is 0 Å². The second-order valence-electron chi connectivity index (χ2n) is 7.83. The van der Waals surface area contributed by atoms with Gasteiger partial charge in [0, 0.05) is 18.0 Å². The van der Waals surface area contributed by atoms with Gasteiger partial charge in [-0.15, -0.1) is 0 Å². The standard InChI is InChI=1S/C25H24FNO2S/c1-28-20-8-10-21(11-9-20)30-27-15-13-25(14-16-27)23-17-19(26)7-12-22(23)24(29-25)18-5-3-2-4-6-18/h2-12,17,24H,13-16H2,1H3. The Hall–Kier alpha value is -2.34. The number of methoxy groups -OCH3 is 1. The molecule has 1 fully saturated rings. The highest BCUT2D eigenvalue weighted by Crippen LogP contribution is 2.52. The Morgan fingerprint density at radius 2 is 1.73 bits per heavy atom. The van der Waals surface area contributed by atoms with E-state index in [2.05, 4.69) is 28.6 Å². The first-order valence-corrected chi connectivity index (χ1v) is 11.0. The molecule has 5 heteroatoms. The summed E-state index contributed by atoms with van der Waals surface area (Å²) in [5, 5.41) is 0. The van der Waals surface area contributed by atoms with Crippen molar-refractivity contribution in [3.63, 3.8) is 0 Å². The van der Waals surface area contributed by atoms with Crippen LogP contribution in [0.25, 0.3) is 0 Å². The summed E-state index contributed by atoms with van der Waals surface area (Å²) in [6.45, 7) is 1.77. The Morgan fingerprint density at radius 1 is 1.00 bits per heavy atom. The summed E-state index contributed by atoms with van der Waals surface area (Å²) in [6.07, 6.45) is 1.55. The highest BCUT2D eigenvalue weighted by molar-refractivity contribution is 7.97. The van der Waals surface area contributed by atoms with E-state index in [1.54, 1.807) is 31.2 Å². The van der Waals surface area contributed by atoms with Crippen LogP contribution in [0.15, 0.2) is 77.7 Å². The van der Waals surface area contributed by atoms with Crippen LogP contribution in [0.3, 0.4) is 0 Å². The molecule has 3 aromatic carbocycles. The maximum Gasteiger partial charge on any atom is 0.123 e. The molecule has 30 heavy (non-hydrogen) atoms. The fraction of sp³-hybridized carbons (Fsp3) is 0.280. The first kappa shape index (κ1) is 19.6. The Balaban J connectivity index is 1.36. The van der Waals surface area contributed by atoms with Crippen molar-refractivity contribution in [1.29, 1.82) is 0 Å². The molecule has 1 atom stereocenters. The molecule has 0 N–H and O–H groups in total. The second-order valence-corrected chi connectivity index (χ2v) is 9.00. The van der Waals surface area contributed by atoms with Crippen LogP contribution >= 0.6 is 11.9 Å². The predicted molar refractivity (Wildman–Crippen MR) is 117 cm³/mol. The third-order valence-corrected chi connectivity index (χ3v) is 7.16. The molecule has 0 aliphatic carbocycles. The van der Waals surface area contributed by atoms with Crippen LogP contribution in [-0.2, 0) is 10.3 Å². The number of piperidine rings is 1. The third-order valence-electron chi connectivity index (χ3n) is 6.06. The molecule has 0 saturated carbocycles. The maximum atomic E-state index is 14.2. The van der Waals surface area contributed by atoms with Gasteiger partial charge in [-0.05, 0) is 77.9 Å². The summed E-state index contributed by atoms with van der Waals surface area (Å²) in [4.78, 5) is 1.19. The van der Waals surface area contributed by atoms with Crippen molar-refractivity contribution in [2.45, 2.75) is 29.4 Å². The molecule has 2 heterocycles. The van der Waals surface area contributed by atoms with Crippen molar-refractivity contribution in [3.05, 3.63) is 95.3 Å². The van der Waals surface area contributed by atoms with E-state index in [0.29, 0.717) is 0 Å². The Kier molecular flexibility index (Phi) is 5.27. The number of benzene rings is 3. The topological polar surface area (TPSA) is 21.7 Å². The van der Waals surface area contributed by atoms with E-state index in [9.17, 15) is 4.39 Å². The minimum Gasteiger partial charge on any atom is -0.497 e. The summed E-state index contributed by atoms with van der Waals surface area (Å²) in [6, 6.07) is 23.5. The molecule has 2 aliphatic rings. The molecule has 0 amide bonds. The summed E-state index contributed by atoms with van der Waals surface area (Å²) in [5.41, 5.74) is 2.82. The molecule has 0 bridgehead atoms. The molecule has 3 aromatic rings. The molecule has 1 saturated heterocycles. The molecule has 2 aliphatic heterocycles. The average molecular weight is 422 g/mol. The first-order valence-electron chi connectivity index (χ1n) is 10.3. The number of halogens is 1. The largest absolute Gasteiger partial charge is 0.497 e. The van der Waals surface area contributed by atoms with Crippen LogP contribution in [0.5, 0.6) is 5.75 Å². The highest BCUT2D eigenvalue weighted by atomic mass is 32.2. The fourth-order valence-corrected chi connectivity index (χ4v) is 5.41. The number of hydrogen-bond acceptors (Lipinski definition) is 4. The molecule has 154 valence electrons. The van der Waals surface area contributed by atoms with Gasteiger partial charge in [-0.3, -0.25) is 0 Å². The molecular formula is C25H24FNO2S. The molecule has 0 radical (unpaired) electrons. The lowest BCUT2D eigenvalue weighted by molar-refractivity contribution is -0.0877. The van der Waals surface area contributed by atoms with Crippen molar-refractivity contribution < 1.29 is 13.9 Å². The van der Waals surface area contributed by atoms with E-state index in [4.69, 9.17) is 9.47 Å². The lowest BCUT2D eigenvalue weighted by Gasteiger charge is -2.39. The Labute approximate surface area is 180 Å². The molecule has 3 nitrogen and oxygen atoms in total. The van der Waals surface area contributed by atoms with Crippen molar-refractivity contribution in [2.24, 2.45) is 0 Å². The van der Waals surface area contributed by atoms with E-state index >= 15 is 0 Å². The van der Waals surface area contributed by atoms with Crippen LogP contribution < -0.4 is 4.74 Å². The van der Waals surface area contributed by atoms with Crippen molar-refractivity contribution in [2.75, 3.05) is 20.2 Å². The lowest BCUT2D eigenvalue weighted by atomic mass is 9.83. The minimum atomic E-state index is -0.422. The van der Waals surface area contributed by atoms with Crippen molar-refractivity contribution >= 4 is 11.9 Å². The summed E-state index contributed by atoms with van der Waals surface area (Å²) in [5.74, 6) is 0.669. The Morgan fingerprint density at radius 3 is 2.43 bits per heavy atom. The van der Waals surface area contributed by atoms with Gasteiger partial charge < -0.3 is 9.47 Å². The molecule has 1 spiro atoms. The van der Waals surface area contributed by atoms with E-state index in [1.165, 1.54) is 4.90 Å². The zero-order valence-corrected chi connectivity index (χ0v) is 17.7. The van der Waals surface area contributed by atoms with Gasteiger partial charge in [0.2, 0.25) is 0 Å². The van der Waals surface area contributed by atoms with Gasteiger partial charge in [-0.25, -0.2) is 8.70 Å². The van der Waals surface area contributed by atoms with Crippen molar-refractivity contribution in [3.8, 4) is 5.75 Å². The first-order chi connectivity index (χ1) is 14.7. The van der Waals surface area contributed by atoms with Crippen LogP contribution in [0.1, 0.15) is 35.6 Å². The third kappa shape index (κ3) is 3.62. The van der Waals surface area contributed by atoms with E-state index in [1.807, 2.05) is 36.4 Å². The number of ether oxygens (including phenoxy) is 2. The van der Waals surface area contributed by atoms with Gasteiger partial charge in [0.1, 0.15) is 17.7 Å². The van der Waals surface area contributed by atoms with Crippen LogP contribution in [0, 0.1) is 5.82 Å². The molecule has 1 unspecified atom stereocenters. The fourth-order valence-electron chi connectivity index (χ4n) is 4.49. The number of fused-ring (bicyclic) bond motifs is 2. The second kappa shape index (κ2) is 8.06. The summed E-state index contributed by atoms with van der Waals surface area (Å²) >= 11 is 1.76. The maximum absolute atomic E-state index is 14.2. The lowest BCUT2D eigenvalue weighted by Crippen LogP contribution is -2.39. The van der Waals surface area contributed by atoms with Gasteiger partial charge in [0.25, 0.3) is 0 Å². The number of nitrogens with zero attached hydrogens (tertiary/aromatic N) is 1. The SMILES string of the molecule is COc1ccc(SN2CCC3(CC2)OC(c2ccccc2)c2ccc(F)cc23)cc1. The quantitative estimate of drug-likeness (QED) is 0.485. The van der Waals surface area contributed by atoms with Gasteiger partial charge in [0.15, 0.2) is 0 Å². The van der Waals surface area contributed by atoms with Crippen LogP contribution in [0.4, 0.5) is 4.39 Å². The van der Waals surface area contributed by atoms with Gasteiger partial charge in [-0.2, -0.15) is 0 Å². The number of rotatable bonds is 4. The summed E-state index contributed by atoms with van der Waals surface area (Å²) < 4.78 is 28.5. The van der Waals surface area contributed by atoms with Crippen LogP contribution in [-0.4, -0.2) is 24.5 Å². The summed E-state index contributed by atoms with van der Waals surface area (Å²) in [7, 11) is 1.68. The van der Waals surface area contributed by atoms with Gasteiger partial charge in [0.05, 0.1) is 12.7 Å². The minimum absolute atomic E-state index is 0.136. The highest BCUT2D eigenvalue weighted by Gasteiger charge is 2.47. The predicted octanol–water partition coefficient (Wildman–Crippen LogP) is 5.95. The zero-order chi connectivity index (χ0) is 20.6. The molecule has 0 aromatic heterocycles. The average Bonchev–Trinajstić information content (AvgIpc) is 3.10. The van der Waals surface area contributed by atoms with E-state index < -0.39 is 5.60 Å². The monoisotopic (exact) mass is 421 g/mol. The molecule has 5 rings (SSSR count). The number of hydrogen-bond donors (Lipinski definition) is 0. The smallest absolute Gasteiger partial charge is 0.123 e. The zero-order valence-electron chi connectivity index (χ0n) is 16.9. The van der Waals surface area contributed by atoms with Gasteiger partial charge >= 0.3 is 0 Å².